The van der Waals surface area contributed by atoms with Gasteiger partial charge in [0.05, 0.1) is 12.4 Å². The van der Waals surface area contributed by atoms with Crippen LogP contribution in [0.25, 0.3) is 5.69 Å². The topological polar surface area (TPSA) is 69.0 Å². The molecule has 0 aliphatic heterocycles. The summed E-state index contributed by atoms with van der Waals surface area (Å²) in [5, 5.41) is 11.7. The molecule has 1 N–H and O–H groups in total. The van der Waals surface area contributed by atoms with Crippen LogP contribution in [0.2, 0.25) is 0 Å². The number of methoxy groups -OCH3 is 1. The molecule has 0 unspecified atom stereocenters. The number of aryl methyl sites for hydroxylation is 1. The van der Waals surface area contributed by atoms with E-state index in [9.17, 15) is 4.79 Å². The van der Waals surface area contributed by atoms with E-state index in [2.05, 4.69) is 15.5 Å². The third-order valence-corrected chi connectivity index (χ3v) is 5.15. The third kappa shape index (κ3) is 4.49. The predicted molar refractivity (Wildman–Crippen MR) is 106 cm³/mol. The van der Waals surface area contributed by atoms with Gasteiger partial charge >= 0.3 is 0 Å². The Bertz CT molecular complexity index is 911. The van der Waals surface area contributed by atoms with Crippen molar-refractivity contribution in [3.63, 3.8) is 0 Å². The number of hydrogen-bond acceptors (Lipinski definition) is 5. The zero-order chi connectivity index (χ0) is 19.2. The molecule has 27 heavy (non-hydrogen) atoms. The van der Waals surface area contributed by atoms with E-state index in [1.165, 1.54) is 11.8 Å². The number of para-hydroxylation sites is 2. The van der Waals surface area contributed by atoms with Crippen molar-refractivity contribution in [2.45, 2.75) is 30.8 Å². The SMILES string of the molecule is COc1ccccc1CNC(=O)[C@@H](C)Sc1nnc(C)n1-c1ccccc1. The number of carbonyl (C=O) groups is 1. The summed E-state index contributed by atoms with van der Waals surface area (Å²) in [7, 11) is 1.62. The van der Waals surface area contributed by atoms with Gasteiger partial charge in [0.15, 0.2) is 5.16 Å². The Hall–Kier alpha value is -2.80. The Kier molecular flexibility index (Phi) is 6.13. The lowest BCUT2D eigenvalue weighted by Crippen LogP contribution is -2.30. The van der Waals surface area contributed by atoms with Crippen molar-refractivity contribution in [3.05, 3.63) is 66.0 Å². The first-order chi connectivity index (χ1) is 13.1. The van der Waals surface area contributed by atoms with E-state index in [1.54, 1.807) is 7.11 Å². The van der Waals surface area contributed by atoms with Gasteiger partial charge in [0, 0.05) is 17.8 Å². The molecule has 0 fully saturated rings. The maximum Gasteiger partial charge on any atom is 0.233 e. The normalized spacial score (nSPS) is 11.8. The Morgan fingerprint density at radius 3 is 2.59 bits per heavy atom. The predicted octanol–water partition coefficient (Wildman–Crippen LogP) is 3.38. The Morgan fingerprint density at radius 1 is 1.15 bits per heavy atom. The van der Waals surface area contributed by atoms with Crippen molar-refractivity contribution in [2.24, 2.45) is 0 Å². The molecule has 140 valence electrons. The summed E-state index contributed by atoms with van der Waals surface area (Å²) in [6.45, 7) is 4.18. The molecular weight excluding hydrogens is 360 g/mol. The van der Waals surface area contributed by atoms with Gasteiger partial charge in [0.1, 0.15) is 11.6 Å². The molecule has 0 bridgehead atoms. The van der Waals surface area contributed by atoms with Crippen LogP contribution in [0, 0.1) is 6.92 Å². The number of thioether (sulfide) groups is 1. The number of nitrogens with zero attached hydrogens (tertiary/aromatic N) is 3. The molecule has 0 saturated carbocycles. The molecule has 0 aliphatic rings. The fraction of sp³-hybridized carbons (Fsp3) is 0.250. The highest BCUT2D eigenvalue weighted by molar-refractivity contribution is 8.00. The number of hydrogen-bond donors (Lipinski definition) is 1. The highest BCUT2D eigenvalue weighted by atomic mass is 32.2. The first-order valence-corrected chi connectivity index (χ1v) is 9.52. The summed E-state index contributed by atoms with van der Waals surface area (Å²) in [5.74, 6) is 1.48. The molecule has 1 aromatic heterocycles. The lowest BCUT2D eigenvalue weighted by atomic mass is 10.2. The van der Waals surface area contributed by atoms with Crippen molar-refractivity contribution in [3.8, 4) is 11.4 Å². The van der Waals surface area contributed by atoms with Crippen LogP contribution >= 0.6 is 11.8 Å². The highest BCUT2D eigenvalue weighted by Crippen LogP contribution is 2.25. The van der Waals surface area contributed by atoms with E-state index >= 15 is 0 Å². The summed E-state index contributed by atoms with van der Waals surface area (Å²) in [4.78, 5) is 12.5. The van der Waals surface area contributed by atoms with Crippen molar-refractivity contribution >= 4 is 17.7 Å². The van der Waals surface area contributed by atoms with Crippen LogP contribution in [0.1, 0.15) is 18.3 Å². The second kappa shape index (κ2) is 8.73. The number of nitrogens with one attached hydrogen (secondary N) is 1. The first kappa shape index (κ1) is 19.0. The number of benzene rings is 2. The minimum Gasteiger partial charge on any atom is -0.496 e. The smallest absolute Gasteiger partial charge is 0.233 e. The number of ether oxygens (including phenoxy) is 1. The number of rotatable bonds is 7. The largest absolute Gasteiger partial charge is 0.496 e. The first-order valence-electron chi connectivity index (χ1n) is 8.64. The van der Waals surface area contributed by atoms with Crippen molar-refractivity contribution in [2.75, 3.05) is 7.11 Å². The van der Waals surface area contributed by atoms with Gasteiger partial charge in [-0.3, -0.25) is 9.36 Å². The molecule has 7 heteroatoms. The molecule has 2 aromatic carbocycles. The van der Waals surface area contributed by atoms with Crippen LogP contribution in [-0.2, 0) is 11.3 Å². The van der Waals surface area contributed by atoms with Crippen LogP contribution in [0.3, 0.4) is 0 Å². The maximum absolute atomic E-state index is 12.5. The van der Waals surface area contributed by atoms with Gasteiger partial charge in [-0.25, -0.2) is 0 Å². The Labute approximate surface area is 163 Å². The lowest BCUT2D eigenvalue weighted by molar-refractivity contribution is -0.120. The lowest BCUT2D eigenvalue weighted by Gasteiger charge is -2.14. The molecule has 6 nitrogen and oxygen atoms in total. The minimum absolute atomic E-state index is 0.0637. The van der Waals surface area contributed by atoms with E-state index in [-0.39, 0.29) is 11.2 Å². The van der Waals surface area contributed by atoms with Crippen molar-refractivity contribution in [1.82, 2.24) is 20.1 Å². The average Bonchev–Trinajstić information content (AvgIpc) is 3.06. The van der Waals surface area contributed by atoms with Crippen LogP contribution < -0.4 is 10.1 Å². The molecule has 0 saturated heterocycles. The van der Waals surface area contributed by atoms with Gasteiger partial charge in [-0.1, -0.05) is 48.2 Å². The van der Waals surface area contributed by atoms with Gasteiger partial charge in [-0.2, -0.15) is 0 Å². The van der Waals surface area contributed by atoms with E-state index < -0.39 is 0 Å². The van der Waals surface area contributed by atoms with E-state index in [0.29, 0.717) is 11.7 Å². The van der Waals surface area contributed by atoms with Gasteiger partial charge in [0.2, 0.25) is 5.91 Å². The van der Waals surface area contributed by atoms with Gasteiger partial charge in [0.25, 0.3) is 0 Å². The molecule has 1 atom stereocenters. The maximum atomic E-state index is 12.5. The van der Waals surface area contributed by atoms with Crippen molar-refractivity contribution in [1.29, 1.82) is 0 Å². The van der Waals surface area contributed by atoms with Crippen molar-refractivity contribution < 1.29 is 9.53 Å². The monoisotopic (exact) mass is 382 g/mol. The molecule has 1 heterocycles. The zero-order valence-corrected chi connectivity index (χ0v) is 16.4. The van der Waals surface area contributed by atoms with E-state index in [0.717, 1.165) is 22.8 Å². The molecular formula is C20H22N4O2S. The second-order valence-electron chi connectivity index (χ2n) is 5.99. The fourth-order valence-corrected chi connectivity index (χ4v) is 3.62. The summed E-state index contributed by atoms with van der Waals surface area (Å²) >= 11 is 1.39. The molecule has 1 amide bonds. The standard InChI is InChI=1S/C20H22N4O2S/c1-14(19(25)21-13-16-9-7-8-12-18(16)26-3)27-20-23-22-15(2)24(20)17-10-5-4-6-11-17/h4-12,14H,13H2,1-3H3,(H,21,25)/t14-/m1/s1. The van der Waals surface area contributed by atoms with Gasteiger partial charge < -0.3 is 10.1 Å². The Morgan fingerprint density at radius 2 is 1.85 bits per heavy atom. The van der Waals surface area contributed by atoms with Crippen LogP contribution in [0.5, 0.6) is 5.75 Å². The summed E-state index contributed by atoms with van der Waals surface area (Å²) in [6.07, 6.45) is 0. The molecule has 3 rings (SSSR count). The summed E-state index contributed by atoms with van der Waals surface area (Å²) < 4.78 is 7.28. The number of carbonyl (C=O) groups excluding carboxylic acids is 1. The van der Waals surface area contributed by atoms with E-state index in [4.69, 9.17) is 4.74 Å². The van der Waals surface area contributed by atoms with E-state index in [1.807, 2.05) is 73.0 Å². The van der Waals surface area contributed by atoms with Crippen LogP contribution in [-0.4, -0.2) is 33.0 Å². The number of aromatic nitrogens is 3. The molecule has 0 spiro atoms. The second-order valence-corrected chi connectivity index (χ2v) is 7.30. The summed E-state index contributed by atoms with van der Waals surface area (Å²) in [5.41, 5.74) is 1.91. The molecule has 0 radical (unpaired) electrons. The highest BCUT2D eigenvalue weighted by Gasteiger charge is 2.20. The molecule has 0 aliphatic carbocycles. The Balaban J connectivity index is 1.67. The van der Waals surface area contributed by atoms with Gasteiger partial charge in [-0.15, -0.1) is 10.2 Å². The summed E-state index contributed by atoms with van der Waals surface area (Å²) in [6, 6.07) is 17.5. The zero-order valence-electron chi connectivity index (χ0n) is 15.5. The average molecular weight is 382 g/mol. The molecule has 3 aromatic rings. The quantitative estimate of drug-likeness (QED) is 0.635. The fourth-order valence-electron chi connectivity index (χ4n) is 2.68. The van der Waals surface area contributed by atoms with Crippen LogP contribution in [0.4, 0.5) is 0 Å². The van der Waals surface area contributed by atoms with Gasteiger partial charge in [-0.05, 0) is 32.0 Å². The number of amides is 1. The third-order valence-electron chi connectivity index (χ3n) is 4.11. The minimum atomic E-state index is -0.314. The van der Waals surface area contributed by atoms with Crippen LogP contribution in [0.15, 0.2) is 59.8 Å².